The highest BCUT2D eigenvalue weighted by molar-refractivity contribution is 5.93. The lowest BCUT2D eigenvalue weighted by Crippen LogP contribution is -2.54. The fraction of sp³-hybridized carbons (Fsp3) is 0.545. The summed E-state index contributed by atoms with van der Waals surface area (Å²) in [6, 6.07) is 7.19. The smallest absolute Gasteiger partial charge is 0.312 e. The Morgan fingerprint density at radius 2 is 1.60 bits per heavy atom. The normalized spacial score (nSPS) is 12.9. The number of carbonyl (C=O) groups is 4. The molecule has 0 aromatic heterocycles. The van der Waals surface area contributed by atoms with E-state index < -0.39 is 24.0 Å². The molecule has 0 bridgehead atoms. The van der Waals surface area contributed by atoms with Crippen LogP contribution in [0, 0.1) is 11.8 Å². The molecule has 8 heteroatoms. The molecule has 30 heavy (non-hydrogen) atoms. The minimum absolute atomic E-state index is 0.0967. The summed E-state index contributed by atoms with van der Waals surface area (Å²) in [5, 5.41) is 8.04. The Balaban J connectivity index is 2.76. The van der Waals surface area contributed by atoms with Gasteiger partial charge < -0.3 is 21.7 Å². The maximum absolute atomic E-state index is 12.9. The molecule has 0 aliphatic carbocycles. The van der Waals surface area contributed by atoms with E-state index in [1.807, 2.05) is 44.2 Å². The molecule has 1 rings (SSSR count). The molecule has 0 saturated heterocycles. The van der Waals surface area contributed by atoms with Gasteiger partial charge in [-0.3, -0.25) is 14.4 Å². The average Bonchev–Trinajstić information content (AvgIpc) is 2.68. The second kappa shape index (κ2) is 12.6. The summed E-state index contributed by atoms with van der Waals surface area (Å²) in [7, 11) is 0. The fourth-order valence-electron chi connectivity index (χ4n) is 3.01. The van der Waals surface area contributed by atoms with Crippen molar-refractivity contribution in [3.63, 3.8) is 0 Å². The molecule has 1 aromatic rings. The van der Waals surface area contributed by atoms with Crippen LogP contribution in [0.3, 0.4) is 0 Å². The largest absolute Gasteiger partial charge is 0.352 e. The van der Waals surface area contributed by atoms with E-state index in [0.29, 0.717) is 19.4 Å². The quantitative estimate of drug-likeness (QED) is 0.383. The van der Waals surface area contributed by atoms with Crippen molar-refractivity contribution in [3.05, 3.63) is 35.9 Å². The molecular weight excluding hydrogens is 384 g/mol. The lowest BCUT2D eigenvalue weighted by Gasteiger charge is -2.26. The number of nitrogens with two attached hydrogens (primary N) is 1. The fourth-order valence-corrected chi connectivity index (χ4v) is 3.01. The third-order valence-electron chi connectivity index (χ3n) is 4.67. The molecule has 0 fully saturated rings. The maximum atomic E-state index is 12.9. The maximum Gasteiger partial charge on any atom is 0.312 e. The molecule has 0 aliphatic rings. The van der Waals surface area contributed by atoms with Crippen LogP contribution in [0.1, 0.15) is 46.1 Å². The SMILES string of the molecule is CC(C)C(=O)[C@H](CCCNC(N)=O)NC(=O)[C@@H](NC(=O)Cc1ccccc1)C(C)C. The van der Waals surface area contributed by atoms with Gasteiger partial charge in [0.25, 0.3) is 0 Å². The third-order valence-corrected chi connectivity index (χ3v) is 4.67. The highest BCUT2D eigenvalue weighted by Gasteiger charge is 2.29. The van der Waals surface area contributed by atoms with Gasteiger partial charge in [-0.25, -0.2) is 4.79 Å². The van der Waals surface area contributed by atoms with Crippen molar-refractivity contribution in [1.82, 2.24) is 16.0 Å². The standard InChI is InChI=1S/C22H34N4O4/c1-14(2)19(26-18(27)13-16-9-6-5-7-10-16)21(29)25-17(20(28)15(3)4)11-8-12-24-22(23)30/h5-7,9-10,14-15,17,19H,8,11-13H2,1-4H3,(H,25,29)(H,26,27)(H3,23,24,30)/t17-,19-/m0/s1. The van der Waals surface area contributed by atoms with Crippen LogP contribution in [0.5, 0.6) is 0 Å². The van der Waals surface area contributed by atoms with Gasteiger partial charge in [-0.15, -0.1) is 0 Å². The minimum Gasteiger partial charge on any atom is -0.352 e. The zero-order chi connectivity index (χ0) is 22.7. The molecule has 0 unspecified atom stereocenters. The molecule has 8 nitrogen and oxygen atoms in total. The number of nitrogens with one attached hydrogen (secondary N) is 3. The van der Waals surface area contributed by atoms with Crippen LogP contribution in [0.25, 0.3) is 0 Å². The summed E-state index contributed by atoms with van der Waals surface area (Å²) >= 11 is 0. The van der Waals surface area contributed by atoms with Crippen LogP contribution < -0.4 is 21.7 Å². The van der Waals surface area contributed by atoms with Gasteiger partial charge in [0, 0.05) is 12.5 Å². The van der Waals surface area contributed by atoms with Crippen molar-refractivity contribution in [2.45, 2.75) is 59.0 Å². The van der Waals surface area contributed by atoms with Gasteiger partial charge in [0.2, 0.25) is 11.8 Å². The molecule has 0 heterocycles. The molecule has 0 spiro atoms. The second-order valence-corrected chi connectivity index (χ2v) is 8.00. The lowest BCUT2D eigenvalue weighted by molar-refractivity contribution is -0.133. The molecule has 4 amide bonds. The van der Waals surface area contributed by atoms with Crippen LogP contribution in [-0.4, -0.2) is 42.3 Å². The number of amides is 4. The molecule has 5 N–H and O–H groups in total. The number of carbonyl (C=O) groups excluding carboxylic acids is 4. The molecule has 1 aromatic carbocycles. The van der Waals surface area contributed by atoms with Gasteiger partial charge in [-0.05, 0) is 24.3 Å². The minimum atomic E-state index is -0.757. The Hall–Kier alpha value is -2.90. The summed E-state index contributed by atoms with van der Waals surface area (Å²) in [4.78, 5) is 48.7. The molecule has 0 saturated carbocycles. The Bertz CT molecular complexity index is 719. The first-order valence-corrected chi connectivity index (χ1v) is 10.3. The van der Waals surface area contributed by atoms with Crippen molar-refractivity contribution in [3.8, 4) is 0 Å². The predicted molar refractivity (Wildman–Crippen MR) is 116 cm³/mol. The summed E-state index contributed by atoms with van der Waals surface area (Å²) in [5.41, 5.74) is 5.90. The lowest BCUT2D eigenvalue weighted by atomic mass is 9.96. The molecule has 0 aliphatic heterocycles. The van der Waals surface area contributed by atoms with E-state index in [4.69, 9.17) is 5.73 Å². The zero-order valence-electron chi connectivity index (χ0n) is 18.2. The summed E-state index contributed by atoms with van der Waals surface area (Å²) in [5.74, 6) is -1.16. The van der Waals surface area contributed by atoms with Crippen molar-refractivity contribution in [2.24, 2.45) is 17.6 Å². The van der Waals surface area contributed by atoms with E-state index in [-0.39, 0.29) is 29.9 Å². The number of hydrogen-bond donors (Lipinski definition) is 4. The van der Waals surface area contributed by atoms with E-state index in [2.05, 4.69) is 16.0 Å². The Morgan fingerprint density at radius 3 is 2.13 bits per heavy atom. The first kappa shape index (κ1) is 25.1. The first-order chi connectivity index (χ1) is 14.1. The Kier molecular flexibility index (Phi) is 10.6. The van der Waals surface area contributed by atoms with E-state index in [9.17, 15) is 19.2 Å². The van der Waals surface area contributed by atoms with Crippen molar-refractivity contribution in [1.29, 1.82) is 0 Å². The summed E-state index contributed by atoms with van der Waals surface area (Å²) in [6.45, 7) is 7.52. The highest BCUT2D eigenvalue weighted by atomic mass is 16.2. The highest BCUT2D eigenvalue weighted by Crippen LogP contribution is 2.09. The van der Waals surface area contributed by atoms with Crippen LogP contribution in [0.2, 0.25) is 0 Å². The number of benzene rings is 1. The van der Waals surface area contributed by atoms with Gasteiger partial charge in [0.15, 0.2) is 5.78 Å². The topological polar surface area (TPSA) is 130 Å². The average molecular weight is 419 g/mol. The van der Waals surface area contributed by atoms with Gasteiger partial charge in [0.1, 0.15) is 6.04 Å². The summed E-state index contributed by atoms with van der Waals surface area (Å²) in [6.07, 6.45) is 1.02. The van der Waals surface area contributed by atoms with Crippen molar-refractivity contribution >= 4 is 23.6 Å². The van der Waals surface area contributed by atoms with Gasteiger partial charge >= 0.3 is 6.03 Å². The van der Waals surface area contributed by atoms with Crippen molar-refractivity contribution < 1.29 is 19.2 Å². The number of Topliss-reactive ketones (excluding diaryl/α,β-unsaturated/α-hetero) is 1. The number of rotatable bonds is 12. The monoisotopic (exact) mass is 418 g/mol. The van der Waals surface area contributed by atoms with Crippen LogP contribution in [-0.2, 0) is 20.8 Å². The number of hydrogen-bond acceptors (Lipinski definition) is 4. The second-order valence-electron chi connectivity index (χ2n) is 8.00. The Labute approximate surface area is 178 Å². The number of urea groups is 1. The van der Waals surface area contributed by atoms with E-state index in [1.165, 1.54) is 0 Å². The number of primary amides is 1. The van der Waals surface area contributed by atoms with Crippen LogP contribution in [0.15, 0.2) is 30.3 Å². The number of ketones is 1. The predicted octanol–water partition coefficient (Wildman–Crippen LogP) is 1.53. The van der Waals surface area contributed by atoms with Gasteiger partial charge in [0.05, 0.1) is 12.5 Å². The van der Waals surface area contributed by atoms with E-state index >= 15 is 0 Å². The van der Waals surface area contributed by atoms with Gasteiger partial charge in [-0.2, -0.15) is 0 Å². The first-order valence-electron chi connectivity index (χ1n) is 10.3. The molecule has 166 valence electrons. The molecule has 2 atom stereocenters. The third kappa shape index (κ3) is 9.07. The summed E-state index contributed by atoms with van der Waals surface area (Å²) < 4.78 is 0. The van der Waals surface area contributed by atoms with E-state index in [0.717, 1.165) is 5.56 Å². The van der Waals surface area contributed by atoms with Crippen LogP contribution >= 0.6 is 0 Å². The molecule has 0 radical (unpaired) electrons. The van der Waals surface area contributed by atoms with Crippen molar-refractivity contribution in [2.75, 3.05) is 6.54 Å². The van der Waals surface area contributed by atoms with Crippen LogP contribution in [0.4, 0.5) is 4.79 Å². The Morgan fingerprint density at radius 1 is 0.967 bits per heavy atom. The van der Waals surface area contributed by atoms with E-state index in [1.54, 1.807) is 13.8 Å². The zero-order valence-corrected chi connectivity index (χ0v) is 18.2. The molecular formula is C22H34N4O4. The van der Waals surface area contributed by atoms with Gasteiger partial charge in [-0.1, -0.05) is 58.0 Å².